The van der Waals surface area contributed by atoms with Gasteiger partial charge in [0, 0.05) is 17.7 Å². The fraction of sp³-hybridized carbons (Fsp3) is 0.476. The maximum atomic E-state index is 12.8. The van der Waals surface area contributed by atoms with Gasteiger partial charge in [0.15, 0.2) is 6.04 Å². The van der Waals surface area contributed by atoms with Gasteiger partial charge in [-0.05, 0) is 37.1 Å². The van der Waals surface area contributed by atoms with Crippen LogP contribution in [0.5, 0.6) is 0 Å². The van der Waals surface area contributed by atoms with Crippen molar-refractivity contribution in [2.75, 3.05) is 11.9 Å². The Morgan fingerprint density at radius 2 is 1.80 bits per heavy atom. The minimum atomic E-state index is -5.37. The zero-order valence-corrected chi connectivity index (χ0v) is 18.3. The molecular formula is C21H22F3N5O6. The van der Waals surface area contributed by atoms with Crippen LogP contribution in [-0.4, -0.2) is 56.5 Å². The van der Waals surface area contributed by atoms with E-state index in [9.17, 15) is 32.3 Å². The van der Waals surface area contributed by atoms with Gasteiger partial charge in [-0.1, -0.05) is 19.3 Å². The first-order valence-electron chi connectivity index (χ1n) is 11.0. The Morgan fingerprint density at radius 1 is 1.11 bits per heavy atom. The van der Waals surface area contributed by atoms with Crippen molar-refractivity contribution in [1.29, 1.82) is 0 Å². The molecule has 2 heterocycles. The van der Waals surface area contributed by atoms with E-state index in [1.54, 1.807) is 0 Å². The summed E-state index contributed by atoms with van der Waals surface area (Å²) in [7, 11) is 0. The molecule has 2 N–H and O–H groups in total. The van der Waals surface area contributed by atoms with E-state index in [1.807, 2.05) is 0 Å². The number of hydrogen-bond acceptors (Lipinski definition) is 8. The Bertz CT molecular complexity index is 1150. The summed E-state index contributed by atoms with van der Waals surface area (Å²) in [6.07, 6.45) is -0.595. The highest BCUT2D eigenvalue weighted by molar-refractivity contribution is 5.97. The first-order chi connectivity index (χ1) is 16.6. The molecule has 4 rings (SSSR count). The van der Waals surface area contributed by atoms with Crippen LogP contribution in [0.1, 0.15) is 54.9 Å². The van der Waals surface area contributed by atoms with Crippen LogP contribution in [0.25, 0.3) is 0 Å². The number of hydrogen-bond donors (Lipinski definition) is 2. The van der Waals surface area contributed by atoms with E-state index in [1.165, 1.54) is 28.9 Å². The van der Waals surface area contributed by atoms with Crippen LogP contribution in [0, 0.1) is 0 Å². The van der Waals surface area contributed by atoms with Gasteiger partial charge in [0.25, 0.3) is 5.91 Å². The third kappa shape index (κ3) is 5.46. The van der Waals surface area contributed by atoms with Crippen LogP contribution in [0.4, 0.5) is 24.8 Å². The Balaban J connectivity index is 1.48. The number of rotatable bonds is 5. The molecule has 1 aromatic carbocycles. The topological polar surface area (TPSA) is 136 Å². The number of H-pyrrole nitrogens is 1. The van der Waals surface area contributed by atoms with Gasteiger partial charge in [-0.15, -0.1) is 5.10 Å². The number of nitrogens with one attached hydrogen (secondary N) is 2. The number of aromatic nitrogens is 3. The van der Waals surface area contributed by atoms with Crippen molar-refractivity contribution in [3.8, 4) is 0 Å². The summed E-state index contributed by atoms with van der Waals surface area (Å²) < 4.78 is 44.2. The first kappa shape index (κ1) is 24.3. The van der Waals surface area contributed by atoms with Crippen molar-refractivity contribution >= 4 is 29.5 Å². The van der Waals surface area contributed by atoms with Crippen LogP contribution in [0.2, 0.25) is 0 Å². The molecule has 1 aromatic heterocycles. The lowest BCUT2D eigenvalue weighted by Gasteiger charge is -2.25. The molecule has 2 fully saturated rings. The van der Waals surface area contributed by atoms with E-state index in [-0.39, 0.29) is 41.3 Å². The van der Waals surface area contributed by atoms with E-state index < -0.39 is 30.1 Å². The second kappa shape index (κ2) is 9.80. The molecule has 2 aliphatic rings. The van der Waals surface area contributed by atoms with Crippen molar-refractivity contribution < 1.29 is 37.1 Å². The molecule has 0 unspecified atom stereocenters. The predicted octanol–water partition coefficient (Wildman–Crippen LogP) is 2.60. The SMILES string of the molecule is O=C1OCC[C@@H]1N(OC(=O)C(F)(F)F)C(=O)c1ccc(Nc2nn(C3CCCCC3)c(=O)[nH]2)cc1. The molecule has 35 heavy (non-hydrogen) atoms. The number of esters is 1. The minimum Gasteiger partial charge on any atom is -0.464 e. The summed E-state index contributed by atoms with van der Waals surface area (Å²) in [5.74, 6) is -4.56. The lowest BCUT2D eigenvalue weighted by molar-refractivity contribution is -0.233. The van der Waals surface area contributed by atoms with Gasteiger partial charge in [0.2, 0.25) is 5.95 Å². The molecule has 0 spiro atoms. The Hall–Kier alpha value is -3.84. The van der Waals surface area contributed by atoms with Crippen LogP contribution >= 0.6 is 0 Å². The molecule has 1 aliphatic heterocycles. The number of anilines is 2. The van der Waals surface area contributed by atoms with Gasteiger partial charge in [-0.25, -0.2) is 19.1 Å². The number of amides is 1. The zero-order chi connectivity index (χ0) is 25.2. The van der Waals surface area contributed by atoms with Gasteiger partial charge in [-0.3, -0.25) is 9.78 Å². The second-order valence-corrected chi connectivity index (χ2v) is 8.20. The van der Waals surface area contributed by atoms with Crippen molar-refractivity contribution in [2.45, 2.75) is 56.8 Å². The predicted molar refractivity (Wildman–Crippen MR) is 112 cm³/mol. The summed E-state index contributed by atoms with van der Waals surface area (Å²) in [6, 6.07) is 3.88. The number of ether oxygens (including phenoxy) is 1. The number of alkyl halides is 3. The molecule has 1 atom stereocenters. The van der Waals surface area contributed by atoms with Gasteiger partial charge in [-0.2, -0.15) is 18.2 Å². The third-order valence-corrected chi connectivity index (χ3v) is 5.76. The highest BCUT2D eigenvalue weighted by Gasteiger charge is 2.47. The Labute approximate surface area is 196 Å². The monoisotopic (exact) mass is 497 g/mol. The minimum absolute atomic E-state index is 0.0238. The van der Waals surface area contributed by atoms with E-state index >= 15 is 0 Å². The number of cyclic esters (lactones) is 1. The lowest BCUT2D eigenvalue weighted by Crippen LogP contribution is -2.46. The van der Waals surface area contributed by atoms with Crippen LogP contribution in [0.3, 0.4) is 0 Å². The fourth-order valence-electron chi connectivity index (χ4n) is 4.01. The number of nitrogens with zero attached hydrogens (tertiary/aromatic N) is 3. The summed E-state index contributed by atoms with van der Waals surface area (Å²) in [6.45, 7) is -0.134. The fourth-order valence-corrected chi connectivity index (χ4v) is 4.01. The van der Waals surface area contributed by atoms with Crippen molar-refractivity contribution in [1.82, 2.24) is 19.8 Å². The van der Waals surface area contributed by atoms with Crippen LogP contribution < -0.4 is 11.0 Å². The maximum Gasteiger partial charge on any atom is 0.493 e. The number of carbonyl (C=O) groups excluding carboxylic acids is 3. The van der Waals surface area contributed by atoms with Crippen LogP contribution in [-0.2, 0) is 19.2 Å². The standard InChI is InChI=1S/C21H22F3N5O6/c22-21(23,24)18(32)35-29(15-10-11-34-17(15)31)16(30)12-6-8-13(9-7-12)25-19-26-20(33)28(27-19)14-4-2-1-3-5-14/h6-9,14-15H,1-5,10-11H2,(H2,25,26,27,33)/t15-/m0/s1. The van der Waals surface area contributed by atoms with Crippen molar-refractivity contribution in [3.05, 3.63) is 40.3 Å². The highest BCUT2D eigenvalue weighted by Crippen LogP contribution is 2.27. The number of carbonyl (C=O) groups is 3. The molecule has 0 bridgehead atoms. The lowest BCUT2D eigenvalue weighted by atomic mass is 9.96. The van der Waals surface area contributed by atoms with E-state index in [0.717, 1.165) is 32.1 Å². The van der Waals surface area contributed by atoms with Gasteiger partial charge >= 0.3 is 23.8 Å². The number of benzene rings is 1. The Morgan fingerprint density at radius 3 is 2.40 bits per heavy atom. The number of halogens is 3. The third-order valence-electron chi connectivity index (χ3n) is 5.76. The second-order valence-electron chi connectivity index (χ2n) is 8.20. The quantitative estimate of drug-likeness (QED) is 0.475. The average molecular weight is 497 g/mol. The van der Waals surface area contributed by atoms with Crippen molar-refractivity contribution in [3.63, 3.8) is 0 Å². The summed E-state index contributed by atoms with van der Waals surface area (Å²) in [5, 5.41) is 7.27. The van der Waals surface area contributed by atoms with Gasteiger partial charge in [0.05, 0.1) is 12.6 Å². The summed E-state index contributed by atoms with van der Waals surface area (Å²) >= 11 is 0. The molecule has 1 amide bonds. The van der Waals surface area contributed by atoms with E-state index in [0.29, 0.717) is 5.69 Å². The van der Waals surface area contributed by atoms with Gasteiger partial charge < -0.3 is 14.9 Å². The normalized spacial score (nSPS) is 18.7. The molecule has 2 aromatic rings. The molecule has 14 heteroatoms. The zero-order valence-electron chi connectivity index (χ0n) is 18.3. The highest BCUT2D eigenvalue weighted by atomic mass is 19.4. The average Bonchev–Trinajstić information content (AvgIpc) is 3.42. The van der Waals surface area contributed by atoms with Crippen molar-refractivity contribution in [2.24, 2.45) is 0 Å². The molecule has 1 saturated carbocycles. The van der Waals surface area contributed by atoms with Crippen LogP contribution in [0.15, 0.2) is 29.1 Å². The smallest absolute Gasteiger partial charge is 0.464 e. The first-order valence-corrected chi connectivity index (χ1v) is 11.0. The Kier molecular flexibility index (Phi) is 6.80. The number of hydroxylamine groups is 2. The molecular weight excluding hydrogens is 475 g/mol. The largest absolute Gasteiger partial charge is 0.493 e. The van der Waals surface area contributed by atoms with E-state index in [2.05, 4.69) is 25.0 Å². The molecule has 1 aliphatic carbocycles. The summed E-state index contributed by atoms with van der Waals surface area (Å²) in [5.41, 5.74) is -0.0755. The molecule has 0 radical (unpaired) electrons. The van der Waals surface area contributed by atoms with E-state index in [4.69, 9.17) is 0 Å². The maximum absolute atomic E-state index is 12.8. The molecule has 1 saturated heterocycles. The van der Waals surface area contributed by atoms with Gasteiger partial charge in [0.1, 0.15) is 0 Å². The molecule has 188 valence electrons. The summed E-state index contributed by atoms with van der Waals surface area (Å²) in [4.78, 5) is 55.1. The number of aromatic amines is 1. The molecule has 11 nitrogen and oxygen atoms in total.